The van der Waals surface area contributed by atoms with Gasteiger partial charge in [-0.1, -0.05) is 6.92 Å². The standard InChI is InChI=1S/C32H38N4O9S/c1-20-16-36(21(2)18-37)31(38)14-22-13-23(33-32(39)34-24-6-12-28-29(15-24)44-19-43-28)5-11-27(22)45-30(20)17-35(3)46(40,41)26-9-7-25(42-4)8-10-26/h5-13,15,20-21,30,37H,14,16-19H2,1-4H3,(H2,33,34,39)/t20-,21-,30+/m0/s1. The largest absolute Gasteiger partial charge is 0.497 e. The summed E-state index contributed by atoms with van der Waals surface area (Å²) in [6, 6.07) is 15.1. The van der Waals surface area contributed by atoms with Gasteiger partial charge < -0.3 is 39.6 Å². The second-order valence-electron chi connectivity index (χ2n) is 11.3. The predicted molar refractivity (Wildman–Crippen MR) is 170 cm³/mol. The van der Waals surface area contributed by atoms with Gasteiger partial charge in [-0.15, -0.1) is 0 Å². The van der Waals surface area contributed by atoms with Crippen molar-refractivity contribution in [3.63, 3.8) is 0 Å². The maximum atomic E-state index is 13.5. The lowest BCUT2D eigenvalue weighted by molar-refractivity contribution is -0.134. The molecule has 0 spiro atoms. The van der Waals surface area contributed by atoms with Crippen LogP contribution in [0.4, 0.5) is 16.2 Å². The molecule has 0 bridgehead atoms. The number of sulfonamides is 1. The Labute approximate surface area is 268 Å². The zero-order valence-corrected chi connectivity index (χ0v) is 26.9. The van der Waals surface area contributed by atoms with Crippen molar-refractivity contribution in [2.75, 3.05) is 51.3 Å². The maximum absolute atomic E-state index is 13.5. The first-order valence-corrected chi connectivity index (χ1v) is 16.2. The number of hydrogen-bond donors (Lipinski definition) is 3. The summed E-state index contributed by atoms with van der Waals surface area (Å²) < 4.78 is 50.4. The normalized spacial score (nSPS) is 18.5. The third-order valence-electron chi connectivity index (χ3n) is 8.01. The van der Waals surface area contributed by atoms with Crippen molar-refractivity contribution in [2.24, 2.45) is 5.92 Å². The van der Waals surface area contributed by atoms with E-state index in [1.165, 1.54) is 30.6 Å². The Bertz CT molecular complexity index is 1680. The third kappa shape index (κ3) is 7.30. The zero-order valence-electron chi connectivity index (χ0n) is 26.1. The summed E-state index contributed by atoms with van der Waals surface area (Å²) in [5.74, 6) is 1.49. The van der Waals surface area contributed by atoms with Crippen molar-refractivity contribution in [1.29, 1.82) is 0 Å². The molecule has 3 N–H and O–H groups in total. The van der Waals surface area contributed by atoms with E-state index in [1.807, 2.05) is 6.92 Å². The van der Waals surface area contributed by atoms with Gasteiger partial charge in [0.15, 0.2) is 11.5 Å². The highest BCUT2D eigenvalue weighted by Crippen LogP contribution is 2.34. The Hall–Kier alpha value is -4.53. The van der Waals surface area contributed by atoms with Gasteiger partial charge in [0, 0.05) is 42.5 Å². The number of methoxy groups -OCH3 is 1. The van der Waals surface area contributed by atoms with E-state index in [0.717, 1.165) is 0 Å². The quantitative estimate of drug-likeness (QED) is 0.314. The number of amides is 3. The number of nitrogens with one attached hydrogen (secondary N) is 2. The van der Waals surface area contributed by atoms with Gasteiger partial charge in [0.25, 0.3) is 0 Å². The van der Waals surface area contributed by atoms with Crippen LogP contribution in [0.15, 0.2) is 65.6 Å². The van der Waals surface area contributed by atoms with E-state index in [1.54, 1.807) is 60.4 Å². The summed E-state index contributed by atoms with van der Waals surface area (Å²) in [4.78, 5) is 28.1. The van der Waals surface area contributed by atoms with Crippen molar-refractivity contribution < 1.29 is 42.1 Å². The van der Waals surface area contributed by atoms with Crippen molar-refractivity contribution >= 4 is 33.3 Å². The molecule has 2 aliphatic heterocycles. The number of rotatable bonds is 9. The van der Waals surface area contributed by atoms with Crippen LogP contribution in [0.1, 0.15) is 19.4 Å². The van der Waals surface area contributed by atoms with Gasteiger partial charge in [-0.3, -0.25) is 4.79 Å². The van der Waals surface area contributed by atoms with E-state index in [2.05, 4.69) is 10.6 Å². The van der Waals surface area contributed by atoms with Crippen molar-refractivity contribution in [1.82, 2.24) is 9.21 Å². The van der Waals surface area contributed by atoms with Gasteiger partial charge in [-0.25, -0.2) is 13.2 Å². The maximum Gasteiger partial charge on any atom is 0.323 e. The molecule has 2 aliphatic rings. The molecule has 3 aromatic carbocycles. The molecule has 0 saturated heterocycles. The second-order valence-corrected chi connectivity index (χ2v) is 13.4. The number of aliphatic hydroxyl groups excluding tert-OH is 1. The molecule has 13 nitrogen and oxygen atoms in total. The first-order chi connectivity index (χ1) is 22.0. The fourth-order valence-electron chi connectivity index (χ4n) is 5.27. The minimum Gasteiger partial charge on any atom is -0.497 e. The molecule has 3 amide bonds. The molecule has 3 atom stereocenters. The lowest BCUT2D eigenvalue weighted by Gasteiger charge is -2.33. The summed E-state index contributed by atoms with van der Waals surface area (Å²) in [5, 5.41) is 15.5. The van der Waals surface area contributed by atoms with Crippen LogP contribution >= 0.6 is 0 Å². The molecule has 246 valence electrons. The Kier molecular flexibility index (Phi) is 9.89. The smallest absolute Gasteiger partial charge is 0.323 e. The highest BCUT2D eigenvalue weighted by Gasteiger charge is 2.33. The first kappa shape index (κ1) is 32.9. The highest BCUT2D eigenvalue weighted by atomic mass is 32.2. The minimum atomic E-state index is -3.88. The van der Waals surface area contributed by atoms with E-state index in [-0.39, 0.29) is 49.6 Å². The number of anilines is 2. The summed E-state index contributed by atoms with van der Waals surface area (Å²) in [5.41, 5.74) is 1.42. The summed E-state index contributed by atoms with van der Waals surface area (Å²) in [6.07, 6.45) is -0.720. The SMILES string of the molecule is COc1ccc(S(=O)(=O)N(C)C[C@H]2Oc3ccc(NC(=O)Nc4ccc5c(c4)OCO5)cc3CC(=O)N([C@@H](C)CO)C[C@@H]2C)cc1. The number of urea groups is 1. The van der Waals surface area contributed by atoms with Crippen LogP contribution in [0.25, 0.3) is 0 Å². The minimum absolute atomic E-state index is 0.0115. The first-order valence-electron chi connectivity index (χ1n) is 14.8. The zero-order chi connectivity index (χ0) is 33.0. The molecule has 5 rings (SSSR count). The average molecular weight is 655 g/mol. The average Bonchev–Trinajstić information content (AvgIpc) is 3.52. The summed E-state index contributed by atoms with van der Waals surface area (Å²) >= 11 is 0. The third-order valence-corrected chi connectivity index (χ3v) is 9.85. The van der Waals surface area contributed by atoms with Crippen LogP contribution in [0.3, 0.4) is 0 Å². The molecular formula is C32H38N4O9S. The number of aliphatic hydroxyl groups is 1. The van der Waals surface area contributed by atoms with Crippen molar-refractivity contribution in [3.8, 4) is 23.0 Å². The van der Waals surface area contributed by atoms with Crippen LogP contribution in [0, 0.1) is 5.92 Å². The summed E-state index contributed by atoms with van der Waals surface area (Å²) in [7, 11) is -0.897. The molecule has 0 saturated carbocycles. The van der Waals surface area contributed by atoms with E-state index >= 15 is 0 Å². The van der Waals surface area contributed by atoms with E-state index in [4.69, 9.17) is 18.9 Å². The van der Waals surface area contributed by atoms with Crippen LogP contribution in [0.5, 0.6) is 23.0 Å². The monoisotopic (exact) mass is 654 g/mol. The van der Waals surface area contributed by atoms with Gasteiger partial charge in [0.05, 0.1) is 37.6 Å². The molecule has 2 heterocycles. The van der Waals surface area contributed by atoms with Crippen LogP contribution in [0.2, 0.25) is 0 Å². The molecule has 3 aromatic rings. The molecule has 0 aliphatic carbocycles. The highest BCUT2D eigenvalue weighted by molar-refractivity contribution is 7.89. The molecule has 0 radical (unpaired) electrons. The van der Waals surface area contributed by atoms with Crippen molar-refractivity contribution in [3.05, 3.63) is 66.2 Å². The molecule has 46 heavy (non-hydrogen) atoms. The van der Waals surface area contributed by atoms with E-state index in [9.17, 15) is 23.1 Å². The predicted octanol–water partition coefficient (Wildman–Crippen LogP) is 3.54. The Morgan fingerprint density at radius 2 is 1.70 bits per heavy atom. The molecule has 0 fully saturated rings. The number of likely N-dealkylation sites (N-methyl/N-ethyl adjacent to an activating group) is 1. The number of carbonyl (C=O) groups excluding carboxylic acids is 2. The number of hydrogen-bond acceptors (Lipinski definition) is 9. The van der Waals surface area contributed by atoms with E-state index in [0.29, 0.717) is 39.9 Å². The van der Waals surface area contributed by atoms with Gasteiger partial charge >= 0.3 is 6.03 Å². The Balaban J connectivity index is 1.38. The van der Waals surface area contributed by atoms with Gasteiger partial charge in [-0.2, -0.15) is 4.31 Å². The molecular weight excluding hydrogens is 616 g/mol. The number of fused-ring (bicyclic) bond motifs is 2. The number of benzene rings is 3. The van der Waals surface area contributed by atoms with Gasteiger partial charge in [0.1, 0.15) is 17.6 Å². The summed E-state index contributed by atoms with van der Waals surface area (Å²) in [6.45, 7) is 3.72. The number of ether oxygens (including phenoxy) is 4. The second kappa shape index (κ2) is 13.8. The topological polar surface area (TPSA) is 156 Å². The molecule has 0 unspecified atom stereocenters. The lowest BCUT2D eigenvalue weighted by Crippen LogP contribution is -2.48. The van der Waals surface area contributed by atoms with E-state index < -0.39 is 28.2 Å². The number of carbonyl (C=O) groups is 2. The Morgan fingerprint density at radius 1 is 1.04 bits per heavy atom. The van der Waals surface area contributed by atoms with Gasteiger partial charge in [0.2, 0.25) is 22.7 Å². The molecule has 14 heteroatoms. The van der Waals surface area contributed by atoms with Crippen LogP contribution in [-0.2, 0) is 21.2 Å². The van der Waals surface area contributed by atoms with Crippen LogP contribution < -0.4 is 29.6 Å². The van der Waals surface area contributed by atoms with Crippen LogP contribution in [-0.4, -0.2) is 87.5 Å². The lowest BCUT2D eigenvalue weighted by atomic mass is 10.0. The number of nitrogens with zero attached hydrogens (tertiary/aromatic N) is 2. The van der Waals surface area contributed by atoms with Crippen molar-refractivity contribution in [2.45, 2.75) is 37.3 Å². The fourth-order valence-corrected chi connectivity index (χ4v) is 6.46. The Morgan fingerprint density at radius 3 is 2.37 bits per heavy atom. The van der Waals surface area contributed by atoms with Gasteiger partial charge in [-0.05, 0) is 61.5 Å². The molecule has 0 aromatic heterocycles. The fraction of sp³-hybridized carbons (Fsp3) is 0.375.